The fourth-order valence-electron chi connectivity index (χ4n) is 1.23. The summed E-state index contributed by atoms with van der Waals surface area (Å²) in [7, 11) is 0. The molecular formula is C11H10Cl4O2. The maximum Gasteiger partial charge on any atom is 0.324 e. The van der Waals surface area contributed by atoms with E-state index in [1.54, 1.807) is 13.0 Å². The van der Waals surface area contributed by atoms with Crippen LogP contribution in [0.15, 0.2) is 12.1 Å². The number of rotatable bonds is 4. The summed E-state index contributed by atoms with van der Waals surface area (Å²) in [5, 5.41) is 0.375. The number of carbonyl (C=O) groups excluding carboxylic acids is 1. The first-order valence-corrected chi connectivity index (χ1v) is 6.46. The molecule has 0 aliphatic rings. The van der Waals surface area contributed by atoms with E-state index in [1.165, 1.54) is 6.07 Å². The highest BCUT2D eigenvalue weighted by Gasteiger charge is 2.19. The first kappa shape index (κ1) is 14.9. The Balaban J connectivity index is 2.81. The monoisotopic (exact) mass is 314 g/mol. The maximum atomic E-state index is 11.4. The van der Waals surface area contributed by atoms with Gasteiger partial charge in [0.05, 0.1) is 16.7 Å². The number of hydrogen-bond acceptors (Lipinski definition) is 2. The Hall–Kier alpha value is -0.150. The lowest BCUT2D eigenvalue weighted by Crippen LogP contribution is -2.20. The van der Waals surface area contributed by atoms with Crippen LogP contribution in [-0.4, -0.2) is 18.0 Å². The Morgan fingerprint density at radius 3 is 2.41 bits per heavy atom. The molecule has 0 bridgehead atoms. The Labute approximate surface area is 120 Å². The molecule has 2 nitrogen and oxygen atoms in total. The van der Waals surface area contributed by atoms with Gasteiger partial charge in [0, 0.05) is 11.4 Å². The van der Waals surface area contributed by atoms with Gasteiger partial charge in [-0.2, -0.15) is 0 Å². The molecular weight excluding hydrogens is 306 g/mol. The van der Waals surface area contributed by atoms with Crippen molar-refractivity contribution in [3.05, 3.63) is 32.8 Å². The van der Waals surface area contributed by atoms with E-state index in [9.17, 15) is 4.79 Å². The molecule has 1 atom stereocenters. The second-order valence-corrected chi connectivity index (χ2v) is 5.03. The van der Waals surface area contributed by atoms with Crippen molar-refractivity contribution in [2.24, 2.45) is 0 Å². The summed E-state index contributed by atoms with van der Waals surface area (Å²) in [6.45, 7) is 2.00. The average molecular weight is 316 g/mol. The number of esters is 1. The van der Waals surface area contributed by atoms with Crippen LogP contribution in [0.3, 0.4) is 0 Å². The highest BCUT2D eigenvalue weighted by molar-refractivity contribution is 6.43. The molecule has 0 radical (unpaired) electrons. The zero-order valence-electron chi connectivity index (χ0n) is 8.97. The van der Waals surface area contributed by atoms with Gasteiger partial charge in [0.15, 0.2) is 0 Å². The van der Waals surface area contributed by atoms with Crippen molar-refractivity contribution in [3.63, 3.8) is 0 Å². The highest BCUT2D eigenvalue weighted by atomic mass is 35.5. The van der Waals surface area contributed by atoms with Crippen LogP contribution in [0.2, 0.25) is 15.1 Å². The van der Waals surface area contributed by atoms with Gasteiger partial charge < -0.3 is 4.74 Å². The minimum absolute atomic E-state index is 0.246. The van der Waals surface area contributed by atoms with Crippen LogP contribution in [0.5, 0.6) is 0 Å². The third-order valence-corrected chi connectivity index (χ3v) is 3.44. The maximum absolute atomic E-state index is 11.4. The van der Waals surface area contributed by atoms with Gasteiger partial charge in [-0.1, -0.05) is 34.8 Å². The molecule has 0 saturated carbocycles. The molecule has 0 spiro atoms. The first-order valence-electron chi connectivity index (χ1n) is 4.89. The van der Waals surface area contributed by atoms with Gasteiger partial charge in [-0.05, 0) is 24.6 Å². The summed E-state index contributed by atoms with van der Waals surface area (Å²) in [6.07, 6.45) is 0.246. The second kappa shape index (κ2) is 6.69. The van der Waals surface area contributed by atoms with E-state index in [2.05, 4.69) is 0 Å². The van der Waals surface area contributed by atoms with E-state index in [0.29, 0.717) is 20.6 Å². The van der Waals surface area contributed by atoms with Crippen LogP contribution < -0.4 is 0 Å². The molecule has 17 heavy (non-hydrogen) atoms. The molecule has 0 aromatic heterocycles. The minimum atomic E-state index is -0.787. The van der Waals surface area contributed by atoms with Crippen LogP contribution in [0, 0.1) is 0 Å². The standard InChI is InChI=1S/C11H10Cl4O2/c1-2-17-11(16)10(15)4-6-3-8(13)9(14)5-7(6)12/h3,5,10H,2,4H2,1H3. The van der Waals surface area contributed by atoms with Crippen molar-refractivity contribution in [2.75, 3.05) is 6.61 Å². The van der Waals surface area contributed by atoms with Crippen LogP contribution in [0.25, 0.3) is 0 Å². The predicted molar refractivity (Wildman–Crippen MR) is 71.5 cm³/mol. The number of ether oxygens (including phenoxy) is 1. The van der Waals surface area contributed by atoms with Gasteiger partial charge >= 0.3 is 5.97 Å². The van der Waals surface area contributed by atoms with Crippen LogP contribution in [-0.2, 0) is 16.0 Å². The fraction of sp³-hybridized carbons (Fsp3) is 0.364. The van der Waals surface area contributed by atoms with Crippen LogP contribution in [0.4, 0.5) is 0 Å². The third kappa shape index (κ3) is 4.22. The number of benzene rings is 1. The molecule has 1 aromatic rings. The van der Waals surface area contributed by atoms with Crippen molar-refractivity contribution in [3.8, 4) is 0 Å². The second-order valence-electron chi connectivity index (χ2n) is 3.28. The Kier molecular flexibility index (Phi) is 5.87. The van der Waals surface area contributed by atoms with Crippen molar-refractivity contribution in [1.82, 2.24) is 0 Å². The van der Waals surface area contributed by atoms with E-state index in [0.717, 1.165) is 0 Å². The Bertz CT molecular complexity index is 420. The number of hydrogen-bond donors (Lipinski definition) is 0. The lowest BCUT2D eigenvalue weighted by molar-refractivity contribution is -0.142. The van der Waals surface area contributed by atoms with E-state index in [4.69, 9.17) is 51.1 Å². The van der Waals surface area contributed by atoms with Gasteiger partial charge in [0.1, 0.15) is 5.38 Å². The van der Waals surface area contributed by atoms with Gasteiger partial charge in [-0.3, -0.25) is 4.79 Å². The van der Waals surface area contributed by atoms with E-state index >= 15 is 0 Å². The zero-order valence-corrected chi connectivity index (χ0v) is 12.0. The smallest absolute Gasteiger partial charge is 0.324 e. The summed E-state index contributed by atoms with van der Waals surface area (Å²) >= 11 is 23.5. The zero-order chi connectivity index (χ0) is 13.0. The molecule has 0 fully saturated rings. The van der Waals surface area contributed by atoms with E-state index in [-0.39, 0.29) is 13.0 Å². The Morgan fingerprint density at radius 1 is 1.24 bits per heavy atom. The largest absolute Gasteiger partial charge is 0.465 e. The molecule has 94 valence electrons. The molecule has 0 saturated heterocycles. The molecule has 1 rings (SSSR count). The fourth-order valence-corrected chi connectivity index (χ4v) is 2.11. The summed E-state index contributed by atoms with van der Waals surface area (Å²) in [5.41, 5.74) is 0.661. The Morgan fingerprint density at radius 2 is 1.82 bits per heavy atom. The van der Waals surface area contributed by atoms with Crippen molar-refractivity contribution < 1.29 is 9.53 Å². The minimum Gasteiger partial charge on any atom is -0.465 e. The molecule has 6 heteroatoms. The lowest BCUT2D eigenvalue weighted by atomic mass is 10.1. The molecule has 0 amide bonds. The quantitative estimate of drug-likeness (QED) is 0.469. The van der Waals surface area contributed by atoms with E-state index in [1.807, 2.05) is 0 Å². The third-order valence-electron chi connectivity index (χ3n) is 2.03. The van der Waals surface area contributed by atoms with E-state index < -0.39 is 11.3 Å². The van der Waals surface area contributed by atoms with Gasteiger partial charge in [0.25, 0.3) is 0 Å². The van der Waals surface area contributed by atoms with Crippen molar-refractivity contribution >= 4 is 52.4 Å². The predicted octanol–water partition coefficient (Wildman–Crippen LogP) is 4.36. The summed E-state index contributed by atoms with van der Waals surface area (Å²) in [5.74, 6) is -0.476. The molecule has 0 aliphatic heterocycles. The number of alkyl halides is 1. The van der Waals surface area contributed by atoms with Crippen molar-refractivity contribution in [2.45, 2.75) is 18.7 Å². The van der Waals surface area contributed by atoms with Gasteiger partial charge in [0.2, 0.25) is 0 Å². The molecule has 0 heterocycles. The molecule has 1 aromatic carbocycles. The summed E-state index contributed by atoms with van der Waals surface area (Å²) < 4.78 is 4.80. The summed E-state index contributed by atoms with van der Waals surface area (Å²) in [4.78, 5) is 11.4. The first-order chi connectivity index (χ1) is 7.95. The van der Waals surface area contributed by atoms with Gasteiger partial charge in [-0.15, -0.1) is 11.6 Å². The SMILES string of the molecule is CCOC(=O)C(Cl)Cc1cc(Cl)c(Cl)cc1Cl. The molecule has 0 aliphatic carbocycles. The van der Waals surface area contributed by atoms with Crippen LogP contribution in [0.1, 0.15) is 12.5 Å². The average Bonchev–Trinajstić information content (AvgIpc) is 2.26. The van der Waals surface area contributed by atoms with Gasteiger partial charge in [-0.25, -0.2) is 0 Å². The molecule has 0 N–H and O–H groups in total. The molecule has 1 unspecified atom stereocenters. The number of carbonyl (C=O) groups is 1. The highest BCUT2D eigenvalue weighted by Crippen LogP contribution is 2.30. The van der Waals surface area contributed by atoms with Crippen LogP contribution >= 0.6 is 46.4 Å². The topological polar surface area (TPSA) is 26.3 Å². The summed E-state index contributed by atoms with van der Waals surface area (Å²) in [6, 6.07) is 3.12. The lowest BCUT2D eigenvalue weighted by Gasteiger charge is -2.10. The number of halogens is 4. The van der Waals surface area contributed by atoms with Crippen molar-refractivity contribution in [1.29, 1.82) is 0 Å². The normalized spacial score (nSPS) is 12.3.